The van der Waals surface area contributed by atoms with Gasteiger partial charge in [-0.3, -0.25) is 4.79 Å². The summed E-state index contributed by atoms with van der Waals surface area (Å²) in [5, 5.41) is 8.57. The molecule has 1 heterocycles. The third kappa shape index (κ3) is 2.51. The van der Waals surface area contributed by atoms with Crippen molar-refractivity contribution in [3.8, 4) is 0 Å². The van der Waals surface area contributed by atoms with Crippen molar-refractivity contribution in [3.63, 3.8) is 0 Å². The summed E-state index contributed by atoms with van der Waals surface area (Å²) in [5.74, 6) is -1.72. The Morgan fingerprint density at radius 1 is 1.44 bits per heavy atom. The number of hydrogen-bond donors (Lipinski definition) is 1. The number of halogens is 1. The van der Waals surface area contributed by atoms with Gasteiger partial charge in [-0.25, -0.2) is 12.8 Å². The van der Waals surface area contributed by atoms with E-state index < -0.39 is 21.8 Å². The zero-order valence-electron chi connectivity index (χ0n) is 9.41. The van der Waals surface area contributed by atoms with E-state index in [1.165, 1.54) is 18.2 Å². The Hall–Kier alpha value is -1.47. The van der Waals surface area contributed by atoms with Gasteiger partial charge in [0.25, 0.3) is 0 Å². The fourth-order valence-electron chi connectivity index (χ4n) is 1.87. The molecule has 0 spiro atoms. The Balaban J connectivity index is 2.08. The highest BCUT2D eigenvalue weighted by molar-refractivity contribution is 7.89. The first kappa shape index (κ1) is 13.0. The summed E-state index contributed by atoms with van der Waals surface area (Å²) < 4.78 is 38.2. The molecule has 18 heavy (non-hydrogen) atoms. The molecule has 0 aliphatic carbocycles. The number of carbonyl (C=O) groups is 1. The third-order valence-electron chi connectivity index (χ3n) is 2.82. The molecule has 2 rings (SSSR count). The van der Waals surface area contributed by atoms with E-state index in [0.717, 1.165) is 10.4 Å². The molecular weight excluding hydrogens is 261 g/mol. The van der Waals surface area contributed by atoms with E-state index in [1.807, 2.05) is 0 Å². The lowest BCUT2D eigenvalue weighted by Gasteiger charge is -2.37. The summed E-state index contributed by atoms with van der Waals surface area (Å²) in [6.07, 6.45) is -0.0465. The maximum Gasteiger partial charge on any atom is 0.303 e. The second kappa shape index (κ2) is 4.66. The van der Waals surface area contributed by atoms with Crippen LogP contribution in [-0.4, -0.2) is 36.9 Å². The summed E-state index contributed by atoms with van der Waals surface area (Å²) in [7, 11) is -3.69. The lowest BCUT2D eigenvalue weighted by molar-refractivity contribution is -0.139. The van der Waals surface area contributed by atoms with Gasteiger partial charge in [-0.05, 0) is 24.1 Å². The van der Waals surface area contributed by atoms with E-state index in [1.54, 1.807) is 0 Å². The van der Waals surface area contributed by atoms with E-state index in [2.05, 4.69) is 0 Å². The first-order valence-electron chi connectivity index (χ1n) is 5.37. The van der Waals surface area contributed by atoms with Gasteiger partial charge >= 0.3 is 5.97 Å². The Labute approximate surface area is 104 Å². The molecule has 1 N–H and O–H groups in total. The molecule has 1 aliphatic rings. The molecule has 0 amide bonds. The predicted molar refractivity (Wildman–Crippen MR) is 60.9 cm³/mol. The van der Waals surface area contributed by atoms with Crippen LogP contribution in [-0.2, 0) is 14.8 Å². The maximum atomic E-state index is 13.0. The van der Waals surface area contributed by atoms with E-state index in [-0.39, 0.29) is 30.3 Å². The van der Waals surface area contributed by atoms with Crippen molar-refractivity contribution in [1.29, 1.82) is 0 Å². The van der Waals surface area contributed by atoms with Crippen LogP contribution in [0.2, 0.25) is 0 Å². The molecule has 98 valence electrons. The Kier molecular flexibility index (Phi) is 3.36. The second-order valence-electron chi connectivity index (χ2n) is 4.24. The SMILES string of the molecule is O=C(O)CC1CN(S(=O)(=O)c2cccc(F)c2)C1. The highest BCUT2D eigenvalue weighted by atomic mass is 32.2. The molecule has 1 fully saturated rings. The monoisotopic (exact) mass is 273 g/mol. The number of nitrogens with zero attached hydrogens (tertiary/aromatic N) is 1. The van der Waals surface area contributed by atoms with Crippen molar-refractivity contribution in [1.82, 2.24) is 4.31 Å². The van der Waals surface area contributed by atoms with Crippen LogP contribution in [0.5, 0.6) is 0 Å². The van der Waals surface area contributed by atoms with Crippen molar-refractivity contribution < 1.29 is 22.7 Å². The topological polar surface area (TPSA) is 74.7 Å². The molecule has 0 atom stereocenters. The van der Waals surface area contributed by atoms with Gasteiger partial charge < -0.3 is 5.11 Å². The molecule has 5 nitrogen and oxygen atoms in total. The third-order valence-corrected chi connectivity index (χ3v) is 4.65. The van der Waals surface area contributed by atoms with Crippen molar-refractivity contribution in [2.45, 2.75) is 11.3 Å². The summed E-state index contributed by atoms with van der Waals surface area (Å²) in [5.41, 5.74) is 0. The molecule has 7 heteroatoms. The van der Waals surface area contributed by atoms with Crippen LogP contribution < -0.4 is 0 Å². The minimum atomic E-state index is -3.69. The highest BCUT2D eigenvalue weighted by Gasteiger charge is 2.37. The Morgan fingerprint density at radius 3 is 2.67 bits per heavy atom. The fraction of sp³-hybridized carbons (Fsp3) is 0.364. The van der Waals surface area contributed by atoms with Crippen LogP contribution in [0.25, 0.3) is 0 Å². The number of carboxylic acids is 1. The lowest BCUT2D eigenvalue weighted by atomic mass is 10.00. The first-order valence-corrected chi connectivity index (χ1v) is 6.81. The van der Waals surface area contributed by atoms with Crippen molar-refractivity contribution in [2.75, 3.05) is 13.1 Å². The van der Waals surface area contributed by atoms with E-state index in [9.17, 15) is 17.6 Å². The summed E-state index contributed by atoms with van der Waals surface area (Å²) in [4.78, 5) is 10.4. The van der Waals surface area contributed by atoms with Gasteiger partial charge in [-0.1, -0.05) is 6.07 Å². The molecule has 0 saturated carbocycles. The van der Waals surface area contributed by atoms with Gasteiger partial charge in [0, 0.05) is 13.1 Å². The normalized spacial score (nSPS) is 17.4. The minimum absolute atomic E-state index is 0.0465. The number of carboxylic acid groups (broad SMARTS) is 1. The van der Waals surface area contributed by atoms with Gasteiger partial charge in [-0.15, -0.1) is 0 Å². The van der Waals surface area contributed by atoms with E-state index in [0.29, 0.717) is 0 Å². The number of rotatable bonds is 4. The van der Waals surface area contributed by atoms with Gasteiger partial charge in [0.15, 0.2) is 0 Å². The standard InChI is InChI=1S/C11H12FNO4S/c12-9-2-1-3-10(5-9)18(16,17)13-6-8(7-13)4-11(14)15/h1-3,5,8H,4,6-7H2,(H,14,15). The zero-order chi connectivity index (χ0) is 13.3. The van der Waals surface area contributed by atoms with Crippen LogP contribution in [0.1, 0.15) is 6.42 Å². The van der Waals surface area contributed by atoms with E-state index in [4.69, 9.17) is 5.11 Å². The average Bonchev–Trinajstić information content (AvgIpc) is 2.22. The van der Waals surface area contributed by atoms with Crippen LogP contribution in [0.3, 0.4) is 0 Å². The molecule has 1 aromatic rings. The number of benzene rings is 1. The summed E-state index contributed by atoms with van der Waals surface area (Å²) >= 11 is 0. The lowest BCUT2D eigenvalue weighted by Crippen LogP contribution is -2.50. The largest absolute Gasteiger partial charge is 0.481 e. The first-order chi connectivity index (χ1) is 8.39. The predicted octanol–water partition coefficient (Wildman–Crippen LogP) is 0.921. The van der Waals surface area contributed by atoms with Crippen molar-refractivity contribution >= 4 is 16.0 Å². The maximum absolute atomic E-state index is 13.0. The van der Waals surface area contributed by atoms with Crippen molar-refractivity contribution in [2.24, 2.45) is 5.92 Å². The van der Waals surface area contributed by atoms with Crippen molar-refractivity contribution in [3.05, 3.63) is 30.1 Å². The molecule has 1 aliphatic heterocycles. The highest BCUT2D eigenvalue weighted by Crippen LogP contribution is 2.27. The molecule has 0 bridgehead atoms. The second-order valence-corrected chi connectivity index (χ2v) is 6.18. The van der Waals surface area contributed by atoms with Gasteiger partial charge in [-0.2, -0.15) is 4.31 Å². The Morgan fingerprint density at radius 2 is 2.11 bits per heavy atom. The summed E-state index contributed by atoms with van der Waals surface area (Å²) in [6, 6.07) is 4.78. The smallest absolute Gasteiger partial charge is 0.303 e. The van der Waals surface area contributed by atoms with Crippen LogP contribution >= 0.6 is 0 Å². The molecule has 0 unspecified atom stereocenters. The van der Waals surface area contributed by atoms with E-state index >= 15 is 0 Å². The molecule has 0 aromatic heterocycles. The molecule has 1 saturated heterocycles. The Bertz CT molecular complexity index is 566. The number of sulfonamides is 1. The van der Waals surface area contributed by atoms with Gasteiger partial charge in [0.05, 0.1) is 11.3 Å². The number of aliphatic carboxylic acids is 1. The van der Waals surface area contributed by atoms with Crippen LogP contribution in [0.4, 0.5) is 4.39 Å². The summed E-state index contributed by atoms with van der Waals surface area (Å²) in [6.45, 7) is 0.344. The number of hydrogen-bond acceptors (Lipinski definition) is 3. The average molecular weight is 273 g/mol. The quantitative estimate of drug-likeness (QED) is 0.885. The fourth-order valence-corrected chi connectivity index (χ4v) is 3.50. The zero-order valence-corrected chi connectivity index (χ0v) is 10.2. The molecule has 1 aromatic carbocycles. The molecular formula is C11H12FNO4S. The van der Waals surface area contributed by atoms with Crippen LogP contribution in [0.15, 0.2) is 29.2 Å². The van der Waals surface area contributed by atoms with Gasteiger partial charge in [0.1, 0.15) is 5.82 Å². The van der Waals surface area contributed by atoms with Gasteiger partial charge in [0.2, 0.25) is 10.0 Å². The molecule has 0 radical (unpaired) electrons. The van der Waals surface area contributed by atoms with Crippen LogP contribution in [0, 0.1) is 11.7 Å². The minimum Gasteiger partial charge on any atom is -0.481 e.